The molecule has 1 heterocycles. The number of rotatable bonds is 6. The molecule has 3 nitrogen and oxygen atoms in total. The van der Waals surface area contributed by atoms with Gasteiger partial charge in [0.1, 0.15) is 5.82 Å². The zero-order valence-corrected chi connectivity index (χ0v) is 13.7. The molecule has 0 amide bonds. The van der Waals surface area contributed by atoms with E-state index in [4.69, 9.17) is 11.6 Å². The molecule has 2 rings (SSSR count). The molecule has 21 heavy (non-hydrogen) atoms. The van der Waals surface area contributed by atoms with E-state index >= 15 is 0 Å². The van der Waals surface area contributed by atoms with Crippen LogP contribution in [0.15, 0.2) is 18.2 Å². The fourth-order valence-electron chi connectivity index (χ4n) is 2.94. The summed E-state index contributed by atoms with van der Waals surface area (Å²) in [6.07, 6.45) is 2.23. The minimum Gasteiger partial charge on any atom is -0.314 e. The van der Waals surface area contributed by atoms with Crippen LogP contribution in [0.2, 0.25) is 5.02 Å². The Morgan fingerprint density at radius 2 is 2.24 bits per heavy atom. The summed E-state index contributed by atoms with van der Waals surface area (Å²) in [7, 11) is -2.85. The highest BCUT2D eigenvalue weighted by Crippen LogP contribution is 2.26. The Balaban J connectivity index is 2.02. The molecule has 2 atom stereocenters. The van der Waals surface area contributed by atoms with Crippen molar-refractivity contribution in [2.75, 3.05) is 18.1 Å². The second kappa shape index (κ2) is 7.07. The van der Waals surface area contributed by atoms with Crippen molar-refractivity contribution in [3.8, 4) is 0 Å². The number of nitrogens with one attached hydrogen (secondary N) is 1. The van der Waals surface area contributed by atoms with Crippen molar-refractivity contribution in [3.05, 3.63) is 34.6 Å². The fraction of sp³-hybridized carbons (Fsp3) is 0.600. The molecule has 1 aliphatic heterocycles. The highest BCUT2D eigenvalue weighted by Gasteiger charge is 2.29. The quantitative estimate of drug-likeness (QED) is 0.870. The van der Waals surface area contributed by atoms with Crippen molar-refractivity contribution in [2.24, 2.45) is 5.92 Å². The van der Waals surface area contributed by atoms with Crippen LogP contribution in [0.3, 0.4) is 0 Å². The van der Waals surface area contributed by atoms with Crippen LogP contribution in [0.4, 0.5) is 4.39 Å². The van der Waals surface area contributed by atoms with Gasteiger partial charge in [-0.3, -0.25) is 0 Å². The topological polar surface area (TPSA) is 46.2 Å². The van der Waals surface area contributed by atoms with Crippen LogP contribution in [0, 0.1) is 11.7 Å². The second-order valence-electron chi connectivity index (χ2n) is 5.70. The molecule has 2 unspecified atom stereocenters. The van der Waals surface area contributed by atoms with E-state index in [0.717, 1.165) is 24.9 Å². The first-order valence-corrected chi connectivity index (χ1v) is 9.47. The zero-order chi connectivity index (χ0) is 15.5. The third-order valence-electron chi connectivity index (χ3n) is 3.92. The standard InChI is InChI=1S/C15H21ClFNO2S/c1-2-18-14(7-11-5-6-21(19,20)10-11)8-12-3-4-13(17)9-15(12)16/h3-4,9,11,14,18H,2,5-8,10H2,1H3. The van der Waals surface area contributed by atoms with E-state index < -0.39 is 9.84 Å². The minimum absolute atomic E-state index is 0.163. The third kappa shape index (κ3) is 4.94. The summed E-state index contributed by atoms with van der Waals surface area (Å²) in [5.41, 5.74) is 0.893. The Morgan fingerprint density at radius 1 is 1.48 bits per heavy atom. The molecule has 1 saturated heterocycles. The van der Waals surface area contributed by atoms with Crippen molar-refractivity contribution < 1.29 is 12.8 Å². The van der Waals surface area contributed by atoms with Gasteiger partial charge in [-0.05, 0) is 49.4 Å². The molecular formula is C15H21ClFNO2S. The van der Waals surface area contributed by atoms with Gasteiger partial charge in [-0.2, -0.15) is 0 Å². The molecule has 1 aromatic carbocycles. The van der Waals surface area contributed by atoms with Gasteiger partial charge in [0.05, 0.1) is 11.5 Å². The molecule has 0 aromatic heterocycles. The lowest BCUT2D eigenvalue weighted by Gasteiger charge is -2.21. The van der Waals surface area contributed by atoms with Crippen molar-refractivity contribution >= 4 is 21.4 Å². The number of likely N-dealkylation sites (N-methyl/N-ethyl adjacent to an activating group) is 1. The Bertz CT molecular complexity index is 591. The normalized spacial score (nSPS) is 22.3. The first-order valence-electron chi connectivity index (χ1n) is 7.27. The van der Waals surface area contributed by atoms with Gasteiger partial charge in [-0.25, -0.2) is 12.8 Å². The Hall–Kier alpha value is -0.650. The summed E-state index contributed by atoms with van der Waals surface area (Å²) in [5, 5.41) is 3.81. The van der Waals surface area contributed by atoms with Crippen molar-refractivity contribution in [3.63, 3.8) is 0 Å². The van der Waals surface area contributed by atoms with Crippen LogP contribution in [0.25, 0.3) is 0 Å². The number of hydrogen-bond acceptors (Lipinski definition) is 3. The Kier molecular flexibility index (Phi) is 5.63. The molecule has 1 aliphatic rings. The predicted molar refractivity (Wildman–Crippen MR) is 84.0 cm³/mol. The lowest BCUT2D eigenvalue weighted by atomic mass is 9.94. The highest BCUT2D eigenvalue weighted by molar-refractivity contribution is 7.91. The van der Waals surface area contributed by atoms with E-state index in [9.17, 15) is 12.8 Å². The van der Waals surface area contributed by atoms with Gasteiger partial charge >= 0.3 is 0 Å². The molecule has 0 spiro atoms. The Labute approximate surface area is 130 Å². The maximum absolute atomic E-state index is 13.1. The maximum atomic E-state index is 13.1. The van der Waals surface area contributed by atoms with Gasteiger partial charge < -0.3 is 5.32 Å². The van der Waals surface area contributed by atoms with E-state index in [-0.39, 0.29) is 23.5 Å². The molecule has 0 bridgehead atoms. The van der Waals surface area contributed by atoms with Gasteiger partial charge in [-0.15, -0.1) is 0 Å². The SMILES string of the molecule is CCNC(Cc1ccc(F)cc1Cl)CC1CCS(=O)(=O)C1. The van der Waals surface area contributed by atoms with Gasteiger partial charge in [0.25, 0.3) is 0 Å². The summed E-state index contributed by atoms with van der Waals surface area (Å²) in [6.45, 7) is 2.83. The molecular weight excluding hydrogens is 313 g/mol. The number of benzene rings is 1. The molecule has 0 radical (unpaired) electrons. The average molecular weight is 334 g/mol. The molecule has 1 fully saturated rings. The fourth-order valence-corrected chi connectivity index (χ4v) is 5.06. The number of sulfone groups is 1. The monoisotopic (exact) mass is 333 g/mol. The highest BCUT2D eigenvalue weighted by atomic mass is 35.5. The van der Waals surface area contributed by atoms with Crippen LogP contribution in [0.1, 0.15) is 25.3 Å². The van der Waals surface area contributed by atoms with E-state index in [1.807, 2.05) is 6.92 Å². The van der Waals surface area contributed by atoms with Crippen LogP contribution in [0.5, 0.6) is 0 Å². The largest absolute Gasteiger partial charge is 0.314 e. The summed E-state index contributed by atoms with van der Waals surface area (Å²) in [6, 6.07) is 4.59. The smallest absolute Gasteiger partial charge is 0.150 e. The van der Waals surface area contributed by atoms with Crippen LogP contribution < -0.4 is 5.32 Å². The van der Waals surface area contributed by atoms with Crippen LogP contribution in [-0.4, -0.2) is 32.5 Å². The van der Waals surface area contributed by atoms with E-state index in [1.165, 1.54) is 12.1 Å². The van der Waals surface area contributed by atoms with E-state index in [1.54, 1.807) is 6.07 Å². The molecule has 1 N–H and O–H groups in total. The van der Waals surface area contributed by atoms with Gasteiger partial charge in [0.15, 0.2) is 9.84 Å². The zero-order valence-electron chi connectivity index (χ0n) is 12.1. The van der Waals surface area contributed by atoms with Crippen molar-refractivity contribution in [1.82, 2.24) is 5.32 Å². The molecule has 118 valence electrons. The summed E-state index contributed by atoms with van der Waals surface area (Å²) < 4.78 is 36.2. The third-order valence-corrected chi connectivity index (χ3v) is 6.11. The molecule has 0 saturated carbocycles. The Morgan fingerprint density at radius 3 is 2.81 bits per heavy atom. The minimum atomic E-state index is -2.85. The van der Waals surface area contributed by atoms with Gasteiger partial charge in [0, 0.05) is 11.1 Å². The van der Waals surface area contributed by atoms with Gasteiger partial charge in [0.2, 0.25) is 0 Å². The predicted octanol–water partition coefficient (Wildman–Crippen LogP) is 2.82. The van der Waals surface area contributed by atoms with E-state index in [0.29, 0.717) is 17.2 Å². The first-order chi connectivity index (χ1) is 9.89. The average Bonchev–Trinajstić information content (AvgIpc) is 2.72. The second-order valence-corrected chi connectivity index (χ2v) is 8.34. The number of halogens is 2. The summed E-state index contributed by atoms with van der Waals surface area (Å²) >= 11 is 6.07. The van der Waals surface area contributed by atoms with Crippen LogP contribution in [-0.2, 0) is 16.3 Å². The molecule has 1 aromatic rings. The summed E-state index contributed by atoms with van der Waals surface area (Å²) in [4.78, 5) is 0. The molecule has 6 heteroatoms. The van der Waals surface area contributed by atoms with Crippen LogP contribution >= 0.6 is 11.6 Å². The maximum Gasteiger partial charge on any atom is 0.150 e. The first kappa shape index (κ1) is 16.7. The lowest BCUT2D eigenvalue weighted by molar-refractivity contribution is 0.409. The lowest BCUT2D eigenvalue weighted by Crippen LogP contribution is -2.33. The molecule has 0 aliphatic carbocycles. The van der Waals surface area contributed by atoms with E-state index in [2.05, 4.69) is 5.32 Å². The summed E-state index contributed by atoms with van der Waals surface area (Å²) in [5.74, 6) is 0.448. The van der Waals surface area contributed by atoms with Crippen molar-refractivity contribution in [1.29, 1.82) is 0 Å². The van der Waals surface area contributed by atoms with Gasteiger partial charge in [-0.1, -0.05) is 24.6 Å². The van der Waals surface area contributed by atoms with Crippen molar-refractivity contribution in [2.45, 2.75) is 32.2 Å². The number of hydrogen-bond donors (Lipinski definition) is 1.